The molecular formula is C13H15NO4S. The second-order valence-corrected chi connectivity index (χ2v) is 7.29. The second kappa shape index (κ2) is 4.31. The van der Waals surface area contributed by atoms with Crippen LogP contribution in [0.15, 0.2) is 18.2 Å². The van der Waals surface area contributed by atoms with Gasteiger partial charge in [-0.05, 0) is 36.5 Å². The summed E-state index contributed by atoms with van der Waals surface area (Å²) in [6, 6.07) is 5.07. The van der Waals surface area contributed by atoms with Crippen LogP contribution in [0.1, 0.15) is 34.3 Å². The zero-order chi connectivity index (χ0) is 13.6. The summed E-state index contributed by atoms with van der Waals surface area (Å²) in [6.45, 7) is 0.686. The van der Waals surface area contributed by atoms with Crippen LogP contribution < -0.4 is 0 Å². The zero-order valence-electron chi connectivity index (χ0n) is 10.4. The normalized spacial score (nSPS) is 20.0. The molecule has 0 unspecified atom stereocenters. The van der Waals surface area contributed by atoms with Gasteiger partial charge in [0.2, 0.25) is 10.0 Å². The molecule has 1 heterocycles. The van der Waals surface area contributed by atoms with Gasteiger partial charge in [-0.2, -0.15) is 4.31 Å². The molecule has 19 heavy (non-hydrogen) atoms. The first kappa shape index (κ1) is 12.6. The molecule has 0 atom stereocenters. The SMILES string of the molecule is O=C(O)c1cccc2c1CCN(S(=O)(=O)C1CC1)C2. The van der Waals surface area contributed by atoms with Crippen LogP contribution in [0.25, 0.3) is 0 Å². The van der Waals surface area contributed by atoms with Crippen molar-refractivity contribution in [3.8, 4) is 0 Å². The lowest BCUT2D eigenvalue weighted by molar-refractivity contribution is 0.0695. The van der Waals surface area contributed by atoms with Crippen LogP contribution in [0, 0.1) is 0 Å². The molecule has 1 fully saturated rings. The van der Waals surface area contributed by atoms with Crippen LogP contribution in [0.4, 0.5) is 0 Å². The van der Waals surface area contributed by atoms with E-state index in [0.29, 0.717) is 25.1 Å². The standard InChI is InChI=1S/C13H15NO4S/c15-13(16)12-3-1-2-9-8-14(7-6-11(9)12)19(17,18)10-4-5-10/h1-3,10H,4-8H2,(H,15,16). The van der Waals surface area contributed by atoms with E-state index in [1.165, 1.54) is 4.31 Å². The van der Waals surface area contributed by atoms with Gasteiger partial charge < -0.3 is 5.11 Å². The molecule has 3 rings (SSSR count). The molecule has 1 N–H and O–H groups in total. The molecule has 0 aromatic heterocycles. The van der Waals surface area contributed by atoms with Crippen LogP contribution in [0.5, 0.6) is 0 Å². The molecule has 2 aliphatic rings. The molecular weight excluding hydrogens is 266 g/mol. The number of carboxylic acids is 1. The average Bonchev–Trinajstić information content (AvgIpc) is 3.21. The van der Waals surface area contributed by atoms with Gasteiger partial charge in [-0.3, -0.25) is 0 Å². The molecule has 0 saturated heterocycles. The Hall–Kier alpha value is -1.40. The lowest BCUT2D eigenvalue weighted by atomic mass is 9.95. The molecule has 0 amide bonds. The summed E-state index contributed by atoms with van der Waals surface area (Å²) in [5, 5.41) is 8.92. The van der Waals surface area contributed by atoms with Gasteiger partial charge in [0.15, 0.2) is 0 Å². The van der Waals surface area contributed by atoms with Crippen LogP contribution in [0.3, 0.4) is 0 Å². The Morgan fingerprint density at radius 3 is 2.68 bits per heavy atom. The average molecular weight is 281 g/mol. The Kier molecular flexibility index (Phi) is 2.87. The van der Waals surface area contributed by atoms with E-state index in [4.69, 9.17) is 5.11 Å². The predicted molar refractivity (Wildman–Crippen MR) is 69.5 cm³/mol. The van der Waals surface area contributed by atoms with Crippen LogP contribution in [0.2, 0.25) is 0 Å². The van der Waals surface area contributed by atoms with Crippen molar-refractivity contribution < 1.29 is 18.3 Å². The molecule has 5 nitrogen and oxygen atoms in total. The number of carbonyl (C=O) groups is 1. The fraction of sp³-hybridized carbons (Fsp3) is 0.462. The maximum atomic E-state index is 12.2. The maximum absolute atomic E-state index is 12.2. The first-order chi connectivity index (χ1) is 9.00. The number of rotatable bonds is 3. The van der Waals surface area contributed by atoms with Crippen molar-refractivity contribution in [1.29, 1.82) is 0 Å². The number of benzene rings is 1. The molecule has 0 radical (unpaired) electrons. The first-order valence-corrected chi connectivity index (χ1v) is 7.83. The van der Waals surface area contributed by atoms with Crippen LogP contribution in [-0.2, 0) is 23.0 Å². The van der Waals surface area contributed by atoms with Gasteiger partial charge in [0.25, 0.3) is 0 Å². The smallest absolute Gasteiger partial charge is 0.335 e. The number of nitrogens with zero attached hydrogens (tertiary/aromatic N) is 1. The van der Waals surface area contributed by atoms with Gasteiger partial charge >= 0.3 is 5.97 Å². The highest BCUT2D eigenvalue weighted by Crippen LogP contribution is 2.34. The van der Waals surface area contributed by atoms with Crippen molar-refractivity contribution >= 4 is 16.0 Å². The first-order valence-electron chi connectivity index (χ1n) is 6.33. The van der Waals surface area contributed by atoms with E-state index in [-0.39, 0.29) is 5.25 Å². The number of hydrogen-bond donors (Lipinski definition) is 1. The minimum atomic E-state index is -3.18. The van der Waals surface area contributed by atoms with E-state index < -0.39 is 16.0 Å². The van der Waals surface area contributed by atoms with Gasteiger partial charge in [-0.1, -0.05) is 12.1 Å². The van der Waals surface area contributed by atoms with Crippen LogP contribution >= 0.6 is 0 Å². The van der Waals surface area contributed by atoms with Crippen molar-refractivity contribution in [2.45, 2.75) is 31.1 Å². The summed E-state index contributed by atoms with van der Waals surface area (Å²) in [7, 11) is -3.18. The van der Waals surface area contributed by atoms with Crippen molar-refractivity contribution in [3.05, 3.63) is 34.9 Å². The minimum Gasteiger partial charge on any atom is -0.478 e. The van der Waals surface area contributed by atoms with Gasteiger partial charge in [-0.15, -0.1) is 0 Å². The zero-order valence-corrected chi connectivity index (χ0v) is 11.2. The monoisotopic (exact) mass is 281 g/mol. The second-order valence-electron chi connectivity index (χ2n) is 5.08. The molecule has 1 saturated carbocycles. The van der Waals surface area contributed by atoms with E-state index >= 15 is 0 Å². The topological polar surface area (TPSA) is 74.7 Å². The van der Waals surface area contributed by atoms with Crippen LogP contribution in [-0.4, -0.2) is 35.6 Å². The van der Waals surface area contributed by atoms with Crippen molar-refractivity contribution in [3.63, 3.8) is 0 Å². The third-order valence-electron chi connectivity index (χ3n) is 3.77. The summed E-state index contributed by atoms with van der Waals surface area (Å²) >= 11 is 0. The lowest BCUT2D eigenvalue weighted by Crippen LogP contribution is -2.38. The predicted octanol–water partition coefficient (Wildman–Crippen LogP) is 1.24. The van der Waals surface area contributed by atoms with Crippen molar-refractivity contribution in [2.24, 2.45) is 0 Å². The van der Waals surface area contributed by atoms with E-state index in [1.807, 2.05) is 6.07 Å². The van der Waals surface area contributed by atoms with E-state index in [1.54, 1.807) is 12.1 Å². The van der Waals surface area contributed by atoms with Gasteiger partial charge in [0.1, 0.15) is 0 Å². The Bertz CT molecular complexity index is 634. The summed E-state index contributed by atoms with van der Waals surface area (Å²) < 4.78 is 25.9. The Labute approximate surface area is 111 Å². The summed E-state index contributed by atoms with van der Waals surface area (Å²) in [4.78, 5) is 11.1. The quantitative estimate of drug-likeness (QED) is 0.904. The summed E-state index contributed by atoms with van der Waals surface area (Å²) in [5.74, 6) is -0.949. The minimum absolute atomic E-state index is 0.211. The number of fused-ring (bicyclic) bond motifs is 1. The molecule has 1 aromatic rings. The number of aromatic carboxylic acids is 1. The molecule has 0 bridgehead atoms. The summed E-state index contributed by atoms with van der Waals surface area (Å²) in [5.41, 5.74) is 1.88. The third-order valence-corrected chi connectivity index (χ3v) is 6.11. The largest absolute Gasteiger partial charge is 0.478 e. The molecule has 0 spiro atoms. The molecule has 102 valence electrons. The van der Waals surface area contributed by atoms with E-state index in [0.717, 1.165) is 24.0 Å². The Balaban J connectivity index is 1.93. The highest BCUT2D eigenvalue weighted by molar-refractivity contribution is 7.90. The highest BCUT2D eigenvalue weighted by atomic mass is 32.2. The van der Waals surface area contributed by atoms with E-state index in [2.05, 4.69) is 0 Å². The number of sulfonamides is 1. The van der Waals surface area contributed by atoms with Crippen molar-refractivity contribution in [1.82, 2.24) is 4.31 Å². The third kappa shape index (κ3) is 2.15. The lowest BCUT2D eigenvalue weighted by Gasteiger charge is -2.28. The van der Waals surface area contributed by atoms with Gasteiger partial charge in [0, 0.05) is 13.1 Å². The van der Waals surface area contributed by atoms with E-state index in [9.17, 15) is 13.2 Å². The summed E-state index contributed by atoms with van der Waals surface area (Å²) in [6.07, 6.45) is 1.98. The fourth-order valence-corrected chi connectivity index (χ4v) is 4.40. The number of carboxylic acid groups (broad SMARTS) is 1. The molecule has 1 aromatic carbocycles. The fourth-order valence-electron chi connectivity index (χ4n) is 2.58. The molecule has 1 aliphatic heterocycles. The number of hydrogen-bond acceptors (Lipinski definition) is 3. The van der Waals surface area contributed by atoms with Gasteiger partial charge in [-0.25, -0.2) is 13.2 Å². The Morgan fingerprint density at radius 1 is 1.32 bits per heavy atom. The maximum Gasteiger partial charge on any atom is 0.335 e. The highest BCUT2D eigenvalue weighted by Gasteiger charge is 2.41. The van der Waals surface area contributed by atoms with Gasteiger partial charge in [0.05, 0.1) is 10.8 Å². The van der Waals surface area contributed by atoms with Crippen molar-refractivity contribution in [2.75, 3.05) is 6.54 Å². The molecule has 6 heteroatoms. The molecule has 1 aliphatic carbocycles. The Morgan fingerprint density at radius 2 is 2.05 bits per heavy atom.